The minimum absolute atomic E-state index is 0.460. The van der Waals surface area contributed by atoms with Crippen molar-refractivity contribution < 1.29 is 4.52 Å². The Hall–Kier alpha value is -1.39. The third-order valence-corrected chi connectivity index (χ3v) is 6.02. The molecular formula is C21H33N3O. The van der Waals surface area contributed by atoms with Crippen molar-refractivity contribution >= 4 is 12.2 Å². The second kappa shape index (κ2) is 8.81. The Kier molecular flexibility index (Phi) is 6.49. The summed E-state index contributed by atoms with van der Waals surface area (Å²) in [5, 5.41) is 4.35. The van der Waals surface area contributed by atoms with E-state index in [1.54, 1.807) is 6.08 Å². The molecule has 0 atom stereocenters. The van der Waals surface area contributed by atoms with Crippen LogP contribution in [0.15, 0.2) is 17.2 Å². The Bertz CT molecular complexity index is 576. The molecule has 2 heterocycles. The summed E-state index contributed by atoms with van der Waals surface area (Å²) in [5.74, 6) is 2.20. The van der Waals surface area contributed by atoms with Gasteiger partial charge >= 0.3 is 0 Å². The average Bonchev–Trinajstić information content (AvgIpc) is 3.05. The smallest absolute Gasteiger partial charge is 0.166 e. The molecule has 4 heteroatoms. The Morgan fingerprint density at radius 1 is 1.20 bits per heavy atom. The van der Waals surface area contributed by atoms with Crippen molar-refractivity contribution in [3.05, 3.63) is 29.7 Å². The topological polar surface area (TPSA) is 55.3 Å². The molecule has 0 aromatic carbocycles. The van der Waals surface area contributed by atoms with Crippen LogP contribution in [0, 0.1) is 5.92 Å². The Morgan fingerprint density at radius 2 is 1.92 bits per heavy atom. The molecule has 3 rings (SSSR count). The molecule has 1 saturated carbocycles. The van der Waals surface area contributed by atoms with Crippen molar-refractivity contribution in [1.29, 1.82) is 0 Å². The maximum absolute atomic E-state index is 6.02. The molecule has 0 bridgehead atoms. The Morgan fingerprint density at radius 3 is 2.56 bits per heavy atom. The number of likely N-dealkylation sites (tertiary alicyclic amines) is 1. The normalized spacial score (nSPS) is 26.3. The summed E-state index contributed by atoms with van der Waals surface area (Å²) in [7, 11) is 0. The van der Waals surface area contributed by atoms with E-state index in [1.807, 2.05) is 13.0 Å². The lowest BCUT2D eigenvalue weighted by molar-refractivity contribution is 0.184. The first-order valence-electron chi connectivity index (χ1n) is 9.94. The van der Waals surface area contributed by atoms with Gasteiger partial charge in [0.1, 0.15) is 0 Å². The average molecular weight is 344 g/mol. The second-order valence-corrected chi connectivity index (χ2v) is 7.74. The largest absolute Gasteiger partial charge is 0.356 e. The number of rotatable bonds is 6. The summed E-state index contributed by atoms with van der Waals surface area (Å²) < 4.78 is 5.47. The number of nitrogens with zero attached hydrogens (tertiary/aromatic N) is 2. The predicted octanol–water partition coefficient (Wildman–Crippen LogP) is 4.44. The molecule has 0 unspecified atom stereocenters. The zero-order chi connectivity index (χ0) is 17.6. The number of hydrogen-bond donors (Lipinski definition) is 1. The van der Waals surface area contributed by atoms with Gasteiger partial charge in [0.2, 0.25) is 0 Å². The van der Waals surface area contributed by atoms with Crippen LogP contribution in [-0.4, -0.2) is 35.7 Å². The lowest BCUT2D eigenvalue weighted by Gasteiger charge is -2.33. The SMILES string of the molecule is C=Cc1onc(C2CCN(CCC3CCC(N)CC3)CC2)c1/C=C\C. The summed E-state index contributed by atoms with van der Waals surface area (Å²) >= 11 is 0. The molecule has 1 aliphatic carbocycles. The fourth-order valence-electron chi connectivity index (χ4n) is 4.37. The quantitative estimate of drug-likeness (QED) is 0.830. The van der Waals surface area contributed by atoms with E-state index >= 15 is 0 Å². The summed E-state index contributed by atoms with van der Waals surface area (Å²) in [6, 6.07) is 0.460. The molecular weight excluding hydrogens is 310 g/mol. The molecule has 2 fully saturated rings. The first kappa shape index (κ1) is 18.4. The van der Waals surface area contributed by atoms with Gasteiger partial charge < -0.3 is 15.2 Å². The number of hydrogen-bond acceptors (Lipinski definition) is 4. The lowest BCUT2D eigenvalue weighted by Crippen LogP contribution is -2.35. The molecule has 0 radical (unpaired) electrons. The van der Waals surface area contributed by atoms with E-state index in [0.29, 0.717) is 12.0 Å². The molecule has 138 valence electrons. The standard InChI is InChI=1S/C21H33N3O/c1-3-5-19-20(4-2)25-23-21(19)17-11-14-24(15-12-17)13-10-16-6-8-18(22)9-7-16/h3-5,16-18H,2,6-15,22H2,1H3/b5-3-. The van der Waals surface area contributed by atoms with Crippen LogP contribution in [0.4, 0.5) is 0 Å². The number of allylic oxidation sites excluding steroid dienone is 1. The minimum atomic E-state index is 0.460. The first-order valence-corrected chi connectivity index (χ1v) is 9.94. The fourth-order valence-corrected chi connectivity index (χ4v) is 4.37. The van der Waals surface area contributed by atoms with Gasteiger partial charge in [-0.2, -0.15) is 0 Å². The highest BCUT2D eigenvalue weighted by Crippen LogP contribution is 2.33. The van der Waals surface area contributed by atoms with E-state index in [4.69, 9.17) is 10.3 Å². The van der Waals surface area contributed by atoms with Crippen molar-refractivity contribution in [1.82, 2.24) is 10.1 Å². The summed E-state index contributed by atoms with van der Waals surface area (Å²) in [6.45, 7) is 9.45. The van der Waals surface area contributed by atoms with Crippen LogP contribution in [0.25, 0.3) is 12.2 Å². The molecule has 2 aliphatic rings. The van der Waals surface area contributed by atoms with Crippen molar-refractivity contribution in [2.75, 3.05) is 19.6 Å². The minimum Gasteiger partial charge on any atom is -0.356 e. The van der Waals surface area contributed by atoms with Crippen LogP contribution in [0.5, 0.6) is 0 Å². The van der Waals surface area contributed by atoms with Crippen LogP contribution in [0.1, 0.15) is 74.8 Å². The van der Waals surface area contributed by atoms with Gasteiger partial charge in [0.15, 0.2) is 5.76 Å². The van der Waals surface area contributed by atoms with Crippen molar-refractivity contribution in [2.45, 2.75) is 63.8 Å². The van der Waals surface area contributed by atoms with Gasteiger partial charge in [-0.25, -0.2) is 0 Å². The van der Waals surface area contributed by atoms with Gasteiger partial charge in [-0.1, -0.05) is 23.9 Å². The predicted molar refractivity (Wildman–Crippen MR) is 104 cm³/mol. The fraction of sp³-hybridized carbons (Fsp3) is 0.667. The summed E-state index contributed by atoms with van der Waals surface area (Å²) in [4.78, 5) is 2.63. The third-order valence-electron chi connectivity index (χ3n) is 6.02. The zero-order valence-corrected chi connectivity index (χ0v) is 15.6. The summed E-state index contributed by atoms with van der Waals surface area (Å²) in [6.07, 6.45) is 14.7. The number of nitrogens with two attached hydrogens (primary N) is 1. The molecule has 25 heavy (non-hydrogen) atoms. The monoisotopic (exact) mass is 343 g/mol. The molecule has 1 aromatic heterocycles. The Labute approximate surface area is 152 Å². The van der Waals surface area contributed by atoms with Gasteiger partial charge in [0, 0.05) is 17.5 Å². The highest BCUT2D eigenvalue weighted by atomic mass is 16.5. The molecule has 1 aromatic rings. The van der Waals surface area contributed by atoms with Crippen molar-refractivity contribution in [3.63, 3.8) is 0 Å². The van der Waals surface area contributed by atoms with Crippen LogP contribution < -0.4 is 5.73 Å². The second-order valence-electron chi connectivity index (χ2n) is 7.74. The van der Waals surface area contributed by atoms with E-state index in [1.165, 1.54) is 64.6 Å². The van der Waals surface area contributed by atoms with Crippen LogP contribution in [0.2, 0.25) is 0 Å². The van der Waals surface area contributed by atoms with Crippen LogP contribution in [0.3, 0.4) is 0 Å². The first-order chi connectivity index (χ1) is 12.2. The highest BCUT2D eigenvalue weighted by Gasteiger charge is 2.27. The van der Waals surface area contributed by atoms with E-state index in [-0.39, 0.29) is 0 Å². The Balaban J connectivity index is 1.49. The molecule has 0 amide bonds. The van der Waals surface area contributed by atoms with Gasteiger partial charge in [-0.05, 0) is 83.5 Å². The summed E-state index contributed by atoms with van der Waals surface area (Å²) in [5.41, 5.74) is 8.26. The molecule has 4 nitrogen and oxygen atoms in total. The van der Waals surface area contributed by atoms with E-state index < -0.39 is 0 Å². The molecule has 1 saturated heterocycles. The highest BCUT2D eigenvalue weighted by molar-refractivity contribution is 5.62. The molecule has 1 aliphatic heterocycles. The maximum atomic E-state index is 6.02. The molecule has 2 N–H and O–H groups in total. The third kappa shape index (κ3) is 4.62. The van der Waals surface area contributed by atoms with Gasteiger partial charge in [-0.3, -0.25) is 0 Å². The van der Waals surface area contributed by atoms with E-state index in [0.717, 1.165) is 22.9 Å². The van der Waals surface area contributed by atoms with E-state index in [9.17, 15) is 0 Å². The van der Waals surface area contributed by atoms with Gasteiger partial charge in [0.25, 0.3) is 0 Å². The number of piperidine rings is 1. The van der Waals surface area contributed by atoms with Crippen LogP contribution >= 0.6 is 0 Å². The number of aromatic nitrogens is 1. The molecule has 0 spiro atoms. The van der Waals surface area contributed by atoms with E-state index in [2.05, 4.69) is 22.7 Å². The van der Waals surface area contributed by atoms with Crippen molar-refractivity contribution in [3.8, 4) is 0 Å². The van der Waals surface area contributed by atoms with Gasteiger partial charge in [-0.15, -0.1) is 0 Å². The van der Waals surface area contributed by atoms with Gasteiger partial charge in [0.05, 0.1) is 5.69 Å². The van der Waals surface area contributed by atoms with Crippen LogP contribution in [-0.2, 0) is 0 Å². The zero-order valence-electron chi connectivity index (χ0n) is 15.6. The lowest BCUT2D eigenvalue weighted by atomic mass is 9.84. The van der Waals surface area contributed by atoms with Crippen molar-refractivity contribution in [2.24, 2.45) is 11.7 Å². The maximum Gasteiger partial charge on any atom is 0.166 e.